The fourth-order valence-electron chi connectivity index (χ4n) is 0.415. The van der Waals surface area contributed by atoms with E-state index in [0.29, 0.717) is 0 Å². The quantitative estimate of drug-likeness (QED) is 0.127. The fourth-order valence-corrected chi connectivity index (χ4v) is 0.415. The Bertz CT molecular complexity index is 366. The maximum atomic E-state index is 9.24. The largest absolute Gasteiger partial charge is 0.480 e. The predicted molar refractivity (Wildman–Crippen MR) is 122 cm³/mol. The van der Waals surface area contributed by atoms with Crippen LogP contribution in [0.25, 0.3) is 0 Å². The molecule has 212 valence electrons. The Hall–Kier alpha value is -1.54. The SMILES string of the molecule is CC(O)CO.C[N+](C)(C)CCO.NCC(=O)O.NCC(=O)O.OCC(O)CO.OCC(O)CO. The van der Waals surface area contributed by atoms with Crippen molar-refractivity contribution in [2.75, 3.05) is 80.4 Å². The van der Waals surface area contributed by atoms with Crippen molar-refractivity contribution in [3.8, 4) is 0 Å². The molecule has 0 aromatic rings. The van der Waals surface area contributed by atoms with Gasteiger partial charge < -0.3 is 72.1 Å². The van der Waals surface area contributed by atoms with Gasteiger partial charge in [0.15, 0.2) is 0 Å². The summed E-state index contributed by atoms with van der Waals surface area (Å²) >= 11 is 0. The molecule has 0 amide bonds. The summed E-state index contributed by atoms with van der Waals surface area (Å²) < 4.78 is 0.844. The van der Waals surface area contributed by atoms with Crippen LogP contribution < -0.4 is 11.5 Å². The molecule has 0 aromatic carbocycles. The highest BCUT2D eigenvalue weighted by Gasteiger charge is 2.02. The van der Waals surface area contributed by atoms with Crippen molar-refractivity contribution in [1.29, 1.82) is 0 Å². The van der Waals surface area contributed by atoms with Gasteiger partial charge in [0, 0.05) is 0 Å². The van der Waals surface area contributed by atoms with Gasteiger partial charge in [-0.05, 0) is 6.92 Å². The van der Waals surface area contributed by atoms with Gasteiger partial charge in [-0.2, -0.15) is 0 Å². The average Bonchev–Trinajstić information content (AvgIpc) is 2.78. The van der Waals surface area contributed by atoms with E-state index < -0.39 is 30.3 Å². The van der Waals surface area contributed by atoms with Crippen molar-refractivity contribution >= 4 is 11.9 Å². The number of carbonyl (C=O) groups is 2. The molecule has 0 saturated heterocycles. The van der Waals surface area contributed by atoms with Crippen LogP contribution >= 0.6 is 0 Å². The van der Waals surface area contributed by atoms with Crippen LogP contribution in [0.15, 0.2) is 0 Å². The van der Waals surface area contributed by atoms with Crippen molar-refractivity contribution in [2.24, 2.45) is 11.5 Å². The Kier molecular flexibility index (Phi) is 48.6. The summed E-state index contributed by atoms with van der Waals surface area (Å²) in [5.74, 6) is -1.94. The lowest BCUT2D eigenvalue weighted by atomic mass is 10.4. The van der Waals surface area contributed by atoms with Crippen LogP contribution in [0.4, 0.5) is 0 Å². The predicted octanol–water partition coefficient (Wildman–Crippen LogP) is -6.23. The first kappa shape index (κ1) is 45.9. The third kappa shape index (κ3) is 97.6. The number of aliphatic hydroxyl groups excluding tert-OH is 9. The topological polar surface area (TPSA) is 309 Å². The van der Waals surface area contributed by atoms with Gasteiger partial charge in [0.1, 0.15) is 18.8 Å². The lowest BCUT2D eigenvalue weighted by Crippen LogP contribution is -2.36. The minimum atomic E-state index is -0.968. The summed E-state index contributed by atoms with van der Waals surface area (Å²) in [5.41, 5.74) is 9.14. The number of carboxylic acid groups (broad SMARTS) is 2. The molecule has 0 spiro atoms. The molecule has 15 N–H and O–H groups in total. The molecule has 0 aromatic heterocycles. The van der Waals surface area contributed by atoms with Crippen LogP contribution in [0, 0.1) is 0 Å². The van der Waals surface area contributed by atoms with Crippen molar-refractivity contribution in [2.45, 2.75) is 25.2 Å². The first-order valence-electron chi connectivity index (χ1n) is 9.83. The highest BCUT2D eigenvalue weighted by molar-refractivity contribution is 5.68. The van der Waals surface area contributed by atoms with E-state index in [0.717, 1.165) is 11.0 Å². The van der Waals surface area contributed by atoms with E-state index in [1.165, 1.54) is 6.92 Å². The summed E-state index contributed by atoms with van der Waals surface area (Å²) in [6, 6.07) is 0. The molecule has 0 rings (SSSR count). The van der Waals surface area contributed by atoms with E-state index in [4.69, 9.17) is 56.2 Å². The fraction of sp³-hybridized carbons (Fsp3) is 0.889. The summed E-state index contributed by atoms with van der Waals surface area (Å²) in [5, 5.41) is 87.6. The van der Waals surface area contributed by atoms with Crippen LogP contribution in [0.5, 0.6) is 0 Å². The second-order valence-corrected chi connectivity index (χ2v) is 7.00. The van der Waals surface area contributed by atoms with Gasteiger partial charge in [-0.1, -0.05) is 0 Å². The van der Waals surface area contributed by atoms with Crippen LogP contribution in [0.2, 0.25) is 0 Å². The number of quaternary nitrogens is 1. The van der Waals surface area contributed by atoms with Gasteiger partial charge >= 0.3 is 11.9 Å². The number of hydrogen-bond donors (Lipinski definition) is 13. The molecule has 0 fully saturated rings. The number of aliphatic hydroxyl groups is 9. The zero-order valence-electron chi connectivity index (χ0n) is 20.4. The van der Waals surface area contributed by atoms with Crippen molar-refractivity contribution in [3.05, 3.63) is 0 Å². The highest BCUT2D eigenvalue weighted by Crippen LogP contribution is 1.84. The molecule has 16 nitrogen and oxygen atoms in total. The van der Waals surface area contributed by atoms with Crippen molar-refractivity contribution in [1.82, 2.24) is 0 Å². The molecule has 1 unspecified atom stereocenters. The number of nitrogens with two attached hydrogens (primary N) is 2. The molecule has 0 bridgehead atoms. The molecule has 0 radical (unpaired) electrons. The Morgan fingerprint density at radius 3 is 0.882 bits per heavy atom. The van der Waals surface area contributed by atoms with Gasteiger partial charge in [0.25, 0.3) is 0 Å². The molecule has 0 aliphatic carbocycles. The van der Waals surface area contributed by atoms with E-state index >= 15 is 0 Å². The molecule has 0 aliphatic rings. The van der Waals surface area contributed by atoms with Gasteiger partial charge in [0.2, 0.25) is 0 Å². The van der Waals surface area contributed by atoms with Crippen molar-refractivity contribution < 1.29 is 70.2 Å². The summed E-state index contributed by atoms with van der Waals surface area (Å²) in [6.07, 6.45) is -2.47. The minimum Gasteiger partial charge on any atom is -0.480 e. The average molecular weight is 515 g/mol. The smallest absolute Gasteiger partial charge is 0.317 e. The van der Waals surface area contributed by atoms with Gasteiger partial charge in [-0.3, -0.25) is 9.59 Å². The van der Waals surface area contributed by atoms with Crippen molar-refractivity contribution in [3.63, 3.8) is 0 Å². The van der Waals surface area contributed by atoms with Crippen LogP contribution in [-0.4, -0.2) is 171 Å². The van der Waals surface area contributed by atoms with Crippen LogP contribution in [0.1, 0.15) is 6.92 Å². The Morgan fingerprint density at radius 2 is 0.882 bits per heavy atom. The third-order valence-electron chi connectivity index (χ3n) is 2.23. The summed E-state index contributed by atoms with van der Waals surface area (Å²) in [4.78, 5) is 18.5. The normalized spacial score (nSPS) is 10.4. The number of hydrogen-bond acceptors (Lipinski definition) is 13. The standard InChI is InChI=1S/C5H14NO.2C3H8O3.C3H8O2.2C2H5NO2/c1-6(2,3)4-5-7;2*4-1-3(6)2-5;1-3(5)2-4;2*3-1-2(4)5/h7H,4-5H2,1-3H3;2*3-6H,1-2H2;3-5H,2H2,1H3;2*1,3H2,(H,4,5)/q+1;;;;;. The lowest BCUT2D eigenvalue weighted by molar-refractivity contribution is -0.870. The number of carboxylic acids is 2. The second kappa shape index (κ2) is 36.0. The Labute approximate surface area is 200 Å². The monoisotopic (exact) mass is 514 g/mol. The van der Waals surface area contributed by atoms with Gasteiger partial charge in [0.05, 0.1) is 80.0 Å². The molecule has 1 atom stereocenters. The molecule has 16 heteroatoms. The van der Waals surface area contributed by atoms with E-state index in [9.17, 15) is 9.59 Å². The zero-order chi connectivity index (χ0) is 28.8. The van der Waals surface area contributed by atoms with Gasteiger partial charge in [-0.25, -0.2) is 0 Å². The second-order valence-electron chi connectivity index (χ2n) is 7.00. The summed E-state index contributed by atoms with van der Waals surface area (Å²) in [6.45, 7) is 0.490. The number of rotatable bonds is 9. The maximum absolute atomic E-state index is 9.24. The van der Waals surface area contributed by atoms with E-state index in [1.807, 2.05) is 0 Å². The lowest BCUT2D eigenvalue weighted by Gasteiger charge is -2.21. The first-order chi connectivity index (χ1) is 15.5. The number of aliphatic carboxylic acids is 2. The highest BCUT2D eigenvalue weighted by atomic mass is 16.4. The molecule has 34 heavy (non-hydrogen) atoms. The Morgan fingerprint density at radius 1 is 0.676 bits per heavy atom. The van der Waals surface area contributed by atoms with E-state index in [1.54, 1.807) is 0 Å². The molecule has 0 aliphatic heterocycles. The molecule has 0 saturated carbocycles. The molecular weight excluding hydrogens is 466 g/mol. The van der Waals surface area contributed by atoms with E-state index in [-0.39, 0.29) is 52.7 Å². The van der Waals surface area contributed by atoms with Gasteiger partial charge in [-0.15, -0.1) is 0 Å². The minimum absolute atomic E-state index is 0.139. The number of likely N-dealkylation sites (N-methyl/N-ethyl adjacent to an activating group) is 1. The maximum Gasteiger partial charge on any atom is 0.317 e. The third-order valence-corrected chi connectivity index (χ3v) is 2.23. The first-order valence-corrected chi connectivity index (χ1v) is 9.83. The molecular formula is C18H48N3O13+. The van der Waals surface area contributed by atoms with Crippen LogP contribution in [0.3, 0.4) is 0 Å². The van der Waals surface area contributed by atoms with Crippen LogP contribution in [-0.2, 0) is 9.59 Å². The zero-order valence-corrected chi connectivity index (χ0v) is 20.4. The Balaban J connectivity index is -0.0000000695. The summed E-state index contributed by atoms with van der Waals surface area (Å²) in [7, 11) is 6.16. The molecule has 0 heterocycles. The number of nitrogens with zero attached hydrogens (tertiary/aromatic N) is 1. The van der Waals surface area contributed by atoms with E-state index in [2.05, 4.69) is 32.6 Å².